The molecule has 0 saturated heterocycles. The fourth-order valence-electron chi connectivity index (χ4n) is 1.06. The Morgan fingerprint density at radius 2 is 2.12 bits per heavy atom. The highest BCUT2D eigenvalue weighted by Gasteiger charge is 2.19. The Morgan fingerprint density at radius 1 is 1.50 bits per heavy atom. The summed E-state index contributed by atoms with van der Waals surface area (Å²) in [4.78, 5) is 11.6. The Morgan fingerprint density at radius 3 is 2.62 bits per heavy atom. The molecule has 0 aliphatic carbocycles. The van der Waals surface area contributed by atoms with E-state index in [0.717, 1.165) is 0 Å². The predicted molar refractivity (Wildman–Crippen MR) is 64.2 cm³/mol. The van der Waals surface area contributed by atoms with E-state index in [4.69, 9.17) is 5.73 Å². The topological polar surface area (TPSA) is 55.1 Å². The molecule has 0 atom stereocenters. The third-order valence-electron chi connectivity index (χ3n) is 2.05. The maximum absolute atomic E-state index is 12.8. The van der Waals surface area contributed by atoms with Crippen molar-refractivity contribution < 1.29 is 9.18 Å². The summed E-state index contributed by atoms with van der Waals surface area (Å²) >= 11 is 0. The van der Waals surface area contributed by atoms with Crippen LogP contribution in [0.15, 0.2) is 24.3 Å². The third kappa shape index (κ3) is 4.16. The zero-order valence-electron chi connectivity index (χ0n) is 9.29. The Bertz CT molecular complexity index is 369. The van der Waals surface area contributed by atoms with Gasteiger partial charge < -0.3 is 11.1 Å². The smallest absolute Gasteiger partial charge is 0.251 e. The van der Waals surface area contributed by atoms with Gasteiger partial charge in [0.2, 0.25) is 0 Å². The zero-order chi connectivity index (χ0) is 11.5. The van der Waals surface area contributed by atoms with Crippen LogP contribution in [0.5, 0.6) is 0 Å². The largest absolute Gasteiger partial charge is 0.346 e. The van der Waals surface area contributed by atoms with Gasteiger partial charge in [0.25, 0.3) is 5.91 Å². The molecule has 1 aromatic rings. The monoisotopic (exact) mass is 246 g/mol. The number of amides is 1. The molecule has 1 amide bonds. The number of carbonyl (C=O) groups excluding carboxylic acids is 1. The van der Waals surface area contributed by atoms with Gasteiger partial charge in [0.1, 0.15) is 5.82 Å². The Labute approximate surface area is 101 Å². The predicted octanol–water partition coefficient (Wildman–Crippen LogP) is 1.71. The second-order valence-electron chi connectivity index (χ2n) is 4.05. The highest BCUT2D eigenvalue weighted by Crippen LogP contribution is 2.06. The summed E-state index contributed by atoms with van der Waals surface area (Å²) in [5.41, 5.74) is 5.29. The minimum Gasteiger partial charge on any atom is -0.346 e. The molecule has 90 valence electrons. The molecule has 0 spiro atoms. The van der Waals surface area contributed by atoms with Gasteiger partial charge in [0, 0.05) is 17.6 Å². The summed E-state index contributed by atoms with van der Waals surface area (Å²) in [6, 6.07) is 5.55. The van der Waals surface area contributed by atoms with Crippen molar-refractivity contribution in [1.82, 2.24) is 5.32 Å². The second-order valence-corrected chi connectivity index (χ2v) is 4.05. The lowest BCUT2D eigenvalue weighted by molar-refractivity contribution is 0.0915. The minimum absolute atomic E-state index is 0. The first kappa shape index (κ1) is 14.9. The van der Waals surface area contributed by atoms with E-state index >= 15 is 0 Å². The molecule has 0 aliphatic rings. The van der Waals surface area contributed by atoms with Gasteiger partial charge in [0.05, 0.1) is 0 Å². The SMILES string of the molecule is CC(C)(CN)NC(=O)c1cccc(F)c1.Cl. The molecule has 1 rings (SSSR count). The fourth-order valence-corrected chi connectivity index (χ4v) is 1.06. The Kier molecular flexibility index (Phi) is 5.41. The number of nitrogens with two attached hydrogens (primary N) is 1. The van der Waals surface area contributed by atoms with E-state index in [1.165, 1.54) is 18.2 Å². The maximum atomic E-state index is 12.8. The number of nitrogens with one attached hydrogen (secondary N) is 1. The van der Waals surface area contributed by atoms with Gasteiger partial charge in [-0.05, 0) is 32.0 Å². The van der Waals surface area contributed by atoms with E-state index in [9.17, 15) is 9.18 Å². The van der Waals surface area contributed by atoms with Gasteiger partial charge in [-0.3, -0.25) is 4.79 Å². The summed E-state index contributed by atoms with van der Waals surface area (Å²) in [6.07, 6.45) is 0. The summed E-state index contributed by atoms with van der Waals surface area (Å²) in [6.45, 7) is 3.95. The Balaban J connectivity index is 0.00000225. The zero-order valence-corrected chi connectivity index (χ0v) is 10.1. The molecule has 0 saturated carbocycles. The highest BCUT2D eigenvalue weighted by atomic mass is 35.5. The van der Waals surface area contributed by atoms with Gasteiger partial charge in [0.15, 0.2) is 0 Å². The molecule has 3 N–H and O–H groups in total. The summed E-state index contributed by atoms with van der Waals surface area (Å²) in [5, 5.41) is 2.72. The molecule has 0 radical (unpaired) electrons. The van der Waals surface area contributed by atoms with Crippen LogP contribution >= 0.6 is 12.4 Å². The van der Waals surface area contributed by atoms with Crippen LogP contribution in [-0.4, -0.2) is 18.0 Å². The van der Waals surface area contributed by atoms with Crippen LogP contribution in [0, 0.1) is 5.82 Å². The average Bonchev–Trinajstić information content (AvgIpc) is 2.17. The number of benzene rings is 1. The second kappa shape index (κ2) is 5.82. The summed E-state index contributed by atoms with van der Waals surface area (Å²) < 4.78 is 12.8. The van der Waals surface area contributed by atoms with Crippen LogP contribution in [0.25, 0.3) is 0 Å². The summed E-state index contributed by atoms with van der Waals surface area (Å²) in [5.74, 6) is -0.738. The first-order chi connectivity index (χ1) is 6.94. The van der Waals surface area contributed by atoms with Crippen molar-refractivity contribution in [3.63, 3.8) is 0 Å². The first-order valence-corrected chi connectivity index (χ1v) is 4.73. The van der Waals surface area contributed by atoms with Crippen LogP contribution in [-0.2, 0) is 0 Å². The molecule has 16 heavy (non-hydrogen) atoms. The van der Waals surface area contributed by atoms with Crippen LogP contribution in [0.3, 0.4) is 0 Å². The van der Waals surface area contributed by atoms with Crippen molar-refractivity contribution in [3.8, 4) is 0 Å². The lowest BCUT2D eigenvalue weighted by Gasteiger charge is -2.24. The molecule has 5 heteroatoms. The number of rotatable bonds is 3. The van der Waals surface area contributed by atoms with E-state index in [1.807, 2.05) is 13.8 Å². The maximum Gasteiger partial charge on any atom is 0.251 e. The van der Waals surface area contributed by atoms with E-state index in [-0.39, 0.29) is 18.3 Å². The number of halogens is 2. The molecule has 0 heterocycles. The van der Waals surface area contributed by atoms with Gasteiger partial charge in [-0.15, -0.1) is 12.4 Å². The van der Waals surface area contributed by atoms with Crippen LogP contribution < -0.4 is 11.1 Å². The lowest BCUT2D eigenvalue weighted by Crippen LogP contribution is -2.48. The standard InChI is InChI=1S/C11H15FN2O.ClH/c1-11(2,7-13)14-10(15)8-4-3-5-9(12)6-8;/h3-6H,7,13H2,1-2H3,(H,14,15);1H. The fraction of sp³-hybridized carbons (Fsp3) is 0.364. The van der Waals surface area contributed by atoms with Crippen molar-refractivity contribution in [2.45, 2.75) is 19.4 Å². The summed E-state index contributed by atoms with van der Waals surface area (Å²) in [7, 11) is 0. The van der Waals surface area contributed by atoms with E-state index < -0.39 is 11.4 Å². The molecule has 3 nitrogen and oxygen atoms in total. The van der Waals surface area contributed by atoms with Gasteiger partial charge >= 0.3 is 0 Å². The van der Waals surface area contributed by atoms with Crippen LogP contribution in [0.2, 0.25) is 0 Å². The molecule has 0 aromatic heterocycles. The van der Waals surface area contributed by atoms with Crippen LogP contribution in [0.1, 0.15) is 24.2 Å². The van der Waals surface area contributed by atoms with Crippen molar-refractivity contribution in [3.05, 3.63) is 35.6 Å². The molecule has 0 unspecified atom stereocenters. The van der Waals surface area contributed by atoms with Crippen molar-refractivity contribution in [2.24, 2.45) is 5.73 Å². The first-order valence-electron chi connectivity index (χ1n) is 4.73. The van der Waals surface area contributed by atoms with Crippen molar-refractivity contribution >= 4 is 18.3 Å². The lowest BCUT2D eigenvalue weighted by atomic mass is 10.1. The van der Waals surface area contributed by atoms with E-state index in [0.29, 0.717) is 12.1 Å². The van der Waals surface area contributed by atoms with Crippen LogP contribution in [0.4, 0.5) is 4.39 Å². The molecule has 0 fully saturated rings. The normalized spacial score (nSPS) is 10.5. The minimum atomic E-state index is -0.483. The quantitative estimate of drug-likeness (QED) is 0.853. The van der Waals surface area contributed by atoms with Gasteiger partial charge in [-0.2, -0.15) is 0 Å². The number of hydrogen-bond donors (Lipinski definition) is 2. The van der Waals surface area contributed by atoms with Crippen molar-refractivity contribution in [1.29, 1.82) is 0 Å². The van der Waals surface area contributed by atoms with E-state index in [2.05, 4.69) is 5.32 Å². The van der Waals surface area contributed by atoms with Crippen molar-refractivity contribution in [2.75, 3.05) is 6.54 Å². The average molecular weight is 247 g/mol. The molecular weight excluding hydrogens is 231 g/mol. The third-order valence-corrected chi connectivity index (χ3v) is 2.05. The van der Waals surface area contributed by atoms with E-state index in [1.54, 1.807) is 6.07 Å². The molecule has 1 aromatic carbocycles. The molecule has 0 bridgehead atoms. The molecule has 0 aliphatic heterocycles. The number of carbonyl (C=O) groups is 1. The highest BCUT2D eigenvalue weighted by molar-refractivity contribution is 5.94. The Hall–Kier alpha value is -1.13. The number of hydrogen-bond acceptors (Lipinski definition) is 2. The molecular formula is C11H16ClFN2O. The van der Waals surface area contributed by atoms with Gasteiger partial charge in [-0.1, -0.05) is 6.07 Å². The van der Waals surface area contributed by atoms with Gasteiger partial charge in [-0.25, -0.2) is 4.39 Å².